The molecule has 0 radical (unpaired) electrons. The molecule has 0 spiro atoms. The molecule has 0 bridgehead atoms. The number of para-hydroxylation sites is 1. The van der Waals surface area contributed by atoms with Crippen LogP contribution >= 0.6 is 11.8 Å². The topological polar surface area (TPSA) is 89.5 Å². The molecule has 1 atom stereocenters. The Morgan fingerprint density at radius 2 is 2.00 bits per heavy atom. The monoisotopic (exact) mass is 457 g/mol. The minimum atomic E-state index is -0.565. The number of allylic oxidation sites excluding steroid dienone is 1. The van der Waals surface area contributed by atoms with Crippen molar-refractivity contribution in [3.8, 4) is 11.5 Å². The van der Waals surface area contributed by atoms with Gasteiger partial charge in [-0.25, -0.2) is 9.79 Å². The fraction of sp³-hybridized carbons (Fsp3) is 0.435. The summed E-state index contributed by atoms with van der Waals surface area (Å²) in [7, 11) is 4.50. The Bertz CT molecular complexity index is 1030. The molecule has 1 aromatic rings. The minimum Gasteiger partial charge on any atom is -0.493 e. The molecule has 0 saturated heterocycles. The number of nitrogens with zero attached hydrogens (tertiary/aromatic N) is 2. The highest BCUT2D eigenvalue weighted by Gasteiger charge is 2.43. The molecule has 1 amide bonds. The number of carbonyl (C=O) groups excluding carboxylic acids is 2. The SMILES string of the molecule is CCC1=C(C(=O)OC)[C@H](c2cccc(OC)c2OC)N2C(CC(=O)NC3CC3)=CSC2=N1. The van der Waals surface area contributed by atoms with Gasteiger partial charge < -0.3 is 24.4 Å². The third-order valence-corrected chi connectivity index (χ3v) is 6.53. The van der Waals surface area contributed by atoms with Gasteiger partial charge in [0.05, 0.1) is 45.1 Å². The van der Waals surface area contributed by atoms with Gasteiger partial charge in [0, 0.05) is 17.3 Å². The molecule has 1 aliphatic carbocycles. The summed E-state index contributed by atoms with van der Waals surface area (Å²) in [5.41, 5.74) is 2.60. The van der Waals surface area contributed by atoms with Crippen LogP contribution in [0.2, 0.25) is 0 Å². The first-order valence-corrected chi connectivity index (χ1v) is 11.5. The molecule has 1 saturated carbocycles. The first kappa shape index (κ1) is 22.3. The van der Waals surface area contributed by atoms with E-state index in [0.717, 1.165) is 29.3 Å². The van der Waals surface area contributed by atoms with Crippen LogP contribution in [0.25, 0.3) is 0 Å². The Balaban J connectivity index is 1.82. The molecule has 4 rings (SSSR count). The number of ether oxygens (including phenoxy) is 3. The number of thioether (sulfide) groups is 1. The fourth-order valence-electron chi connectivity index (χ4n) is 4.00. The summed E-state index contributed by atoms with van der Waals surface area (Å²) in [5.74, 6) is 0.581. The summed E-state index contributed by atoms with van der Waals surface area (Å²) >= 11 is 1.45. The minimum absolute atomic E-state index is 0.0400. The van der Waals surface area contributed by atoms with Crippen molar-refractivity contribution < 1.29 is 23.8 Å². The lowest BCUT2D eigenvalue weighted by atomic mass is 9.92. The van der Waals surface area contributed by atoms with Crippen molar-refractivity contribution in [3.63, 3.8) is 0 Å². The maximum Gasteiger partial charge on any atom is 0.338 e. The number of benzene rings is 1. The number of fused-ring (bicyclic) bond motifs is 1. The number of esters is 1. The number of nitrogens with one attached hydrogen (secondary N) is 1. The molecule has 1 aromatic carbocycles. The van der Waals surface area contributed by atoms with Crippen molar-refractivity contribution in [2.24, 2.45) is 4.99 Å². The highest BCUT2D eigenvalue weighted by Crippen LogP contribution is 2.49. The fourth-order valence-corrected chi connectivity index (χ4v) is 4.94. The van der Waals surface area contributed by atoms with Gasteiger partial charge in [0.15, 0.2) is 16.7 Å². The number of amidine groups is 1. The standard InChI is InChI=1S/C23H27N3O5S/c1-5-16-19(22(28)31-4)20(15-7-6-8-17(29-2)21(15)30-3)26-14(12-32-23(26)25-16)11-18(27)24-13-9-10-13/h6-8,12-13,20H,5,9-11H2,1-4H3,(H,24,27)/t20-/m0/s1. The number of rotatable bonds is 8. The van der Waals surface area contributed by atoms with Crippen LogP contribution in [0.15, 0.2) is 45.6 Å². The van der Waals surface area contributed by atoms with E-state index in [1.165, 1.54) is 18.9 Å². The molecule has 3 aliphatic rings. The van der Waals surface area contributed by atoms with E-state index in [1.54, 1.807) is 20.3 Å². The van der Waals surface area contributed by atoms with E-state index in [1.807, 2.05) is 29.4 Å². The van der Waals surface area contributed by atoms with Crippen LogP contribution in [0.4, 0.5) is 0 Å². The number of methoxy groups -OCH3 is 3. The molecule has 1 N–H and O–H groups in total. The van der Waals surface area contributed by atoms with Gasteiger partial charge in [-0.3, -0.25) is 4.79 Å². The molecule has 2 heterocycles. The quantitative estimate of drug-likeness (QED) is 0.598. The second-order valence-electron chi connectivity index (χ2n) is 7.70. The lowest BCUT2D eigenvalue weighted by molar-refractivity contribution is -0.136. The lowest BCUT2D eigenvalue weighted by Crippen LogP contribution is -2.38. The maximum absolute atomic E-state index is 13.0. The molecular formula is C23H27N3O5S. The molecule has 170 valence electrons. The zero-order valence-electron chi connectivity index (χ0n) is 18.6. The van der Waals surface area contributed by atoms with Crippen LogP contribution in [-0.2, 0) is 14.3 Å². The van der Waals surface area contributed by atoms with Gasteiger partial charge in [-0.15, -0.1) is 0 Å². The Kier molecular flexibility index (Phi) is 6.45. The predicted molar refractivity (Wildman–Crippen MR) is 122 cm³/mol. The third kappa shape index (κ3) is 4.09. The molecular weight excluding hydrogens is 430 g/mol. The summed E-state index contributed by atoms with van der Waals surface area (Å²) in [5, 5.41) is 5.68. The first-order valence-electron chi connectivity index (χ1n) is 10.6. The van der Waals surface area contributed by atoms with E-state index in [-0.39, 0.29) is 18.4 Å². The van der Waals surface area contributed by atoms with Gasteiger partial charge in [0.2, 0.25) is 5.91 Å². The summed E-state index contributed by atoms with van der Waals surface area (Å²) in [6, 6.07) is 5.27. The number of hydrogen-bond donors (Lipinski definition) is 1. The highest BCUT2D eigenvalue weighted by atomic mass is 32.2. The van der Waals surface area contributed by atoms with Crippen LogP contribution in [-0.4, -0.2) is 49.3 Å². The van der Waals surface area contributed by atoms with Crippen molar-refractivity contribution in [2.75, 3.05) is 21.3 Å². The lowest BCUT2D eigenvalue weighted by Gasteiger charge is -2.37. The van der Waals surface area contributed by atoms with E-state index < -0.39 is 12.0 Å². The van der Waals surface area contributed by atoms with E-state index in [0.29, 0.717) is 29.2 Å². The van der Waals surface area contributed by atoms with Crippen molar-refractivity contribution >= 4 is 28.8 Å². The van der Waals surface area contributed by atoms with Crippen LogP contribution in [0.5, 0.6) is 11.5 Å². The number of carbonyl (C=O) groups is 2. The van der Waals surface area contributed by atoms with Gasteiger partial charge in [0.1, 0.15) is 0 Å². The Morgan fingerprint density at radius 1 is 1.22 bits per heavy atom. The summed E-state index contributed by atoms with van der Waals surface area (Å²) < 4.78 is 16.4. The van der Waals surface area contributed by atoms with Crippen LogP contribution in [0.3, 0.4) is 0 Å². The van der Waals surface area contributed by atoms with Gasteiger partial charge in [-0.1, -0.05) is 30.8 Å². The van der Waals surface area contributed by atoms with Crippen molar-refractivity contribution in [1.82, 2.24) is 10.2 Å². The number of hydrogen-bond acceptors (Lipinski definition) is 8. The second kappa shape index (κ2) is 9.28. The molecule has 8 nitrogen and oxygen atoms in total. The number of aliphatic imine (C=N–C) groups is 1. The van der Waals surface area contributed by atoms with Crippen molar-refractivity contribution in [3.05, 3.63) is 46.1 Å². The average molecular weight is 458 g/mol. The predicted octanol–water partition coefficient (Wildman–Crippen LogP) is 3.51. The van der Waals surface area contributed by atoms with E-state index in [2.05, 4.69) is 5.32 Å². The third-order valence-electron chi connectivity index (χ3n) is 5.64. The van der Waals surface area contributed by atoms with E-state index in [9.17, 15) is 9.59 Å². The first-order chi connectivity index (χ1) is 15.5. The molecule has 9 heteroatoms. The molecule has 0 aromatic heterocycles. The van der Waals surface area contributed by atoms with Crippen LogP contribution < -0.4 is 14.8 Å². The zero-order chi connectivity index (χ0) is 22.8. The van der Waals surface area contributed by atoms with Crippen molar-refractivity contribution in [1.29, 1.82) is 0 Å². The van der Waals surface area contributed by atoms with Gasteiger partial charge in [-0.2, -0.15) is 0 Å². The number of amides is 1. The summed E-state index contributed by atoms with van der Waals surface area (Å²) in [6.45, 7) is 1.95. The Morgan fingerprint density at radius 3 is 2.62 bits per heavy atom. The van der Waals surface area contributed by atoms with Crippen molar-refractivity contribution in [2.45, 2.75) is 44.7 Å². The maximum atomic E-state index is 13.0. The molecule has 2 aliphatic heterocycles. The smallest absolute Gasteiger partial charge is 0.338 e. The molecule has 1 fully saturated rings. The molecule has 0 unspecified atom stereocenters. The van der Waals surface area contributed by atoms with Crippen LogP contribution in [0, 0.1) is 0 Å². The summed E-state index contributed by atoms with van der Waals surface area (Å²) in [6.07, 6.45) is 2.80. The average Bonchev–Trinajstić information content (AvgIpc) is 3.54. The van der Waals surface area contributed by atoms with E-state index >= 15 is 0 Å². The van der Waals surface area contributed by atoms with Gasteiger partial charge in [0.25, 0.3) is 0 Å². The highest BCUT2D eigenvalue weighted by molar-refractivity contribution is 8.16. The summed E-state index contributed by atoms with van der Waals surface area (Å²) in [4.78, 5) is 32.3. The normalized spacial score (nSPS) is 19.8. The Hall–Kier alpha value is -2.94. The Labute approximate surface area is 191 Å². The van der Waals surface area contributed by atoms with Crippen LogP contribution in [0.1, 0.15) is 44.2 Å². The molecule has 32 heavy (non-hydrogen) atoms. The van der Waals surface area contributed by atoms with E-state index in [4.69, 9.17) is 19.2 Å². The van der Waals surface area contributed by atoms with Gasteiger partial charge in [-0.05, 0) is 30.7 Å². The zero-order valence-corrected chi connectivity index (χ0v) is 19.5. The largest absolute Gasteiger partial charge is 0.493 e. The van der Waals surface area contributed by atoms with Gasteiger partial charge >= 0.3 is 5.97 Å². The second-order valence-corrected chi connectivity index (χ2v) is 8.54.